The van der Waals surface area contributed by atoms with Crippen molar-refractivity contribution in [1.82, 2.24) is 19.7 Å². The van der Waals surface area contributed by atoms with E-state index in [1.807, 2.05) is 4.68 Å². The molecule has 0 N–H and O–H groups in total. The maximum atomic E-state index is 5.96. The third kappa shape index (κ3) is 2.51. The molecular formula is C18H20N4OS. The topological polar surface area (TPSA) is 52.8 Å². The van der Waals surface area contributed by atoms with Crippen LogP contribution in [0.3, 0.4) is 0 Å². The average molecular weight is 340 g/mol. The van der Waals surface area contributed by atoms with Crippen LogP contribution >= 0.6 is 11.3 Å². The Morgan fingerprint density at radius 3 is 3.00 bits per heavy atom. The number of hydrogen-bond donors (Lipinski definition) is 0. The largest absolute Gasteiger partial charge is 0.492 e. The maximum Gasteiger partial charge on any atom is 0.187 e. The minimum absolute atomic E-state index is 0.258. The van der Waals surface area contributed by atoms with Crippen molar-refractivity contribution in [1.29, 1.82) is 0 Å². The van der Waals surface area contributed by atoms with E-state index in [-0.39, 0.29) is 6.04 Å². The first-order chi connectivity index (χ1) is 11.7. The number of aromatic nitrogens is 4. The molecule has 0 saturated heterocycles. The van der Waals surface area contributed by atoms with Gasteiger partial charge in [-0.25, -0.2) is 14.6 Å². The van der Waals surface area contributed by atoms with Gasteiger partial charge < -0.3 is 4.74 Å². The highest BCUT2D eigenvalue weighted by molar-refractivity contribution is 7.15. The van der Waals surface area contributed by atoms with Gasteiger partial charge in [0, 0.05) is 22.9 Å². The summed E-state index contributed by atoms with van der Waals surface area (Å²) in [5.74, 6) is 1.78. The Bertz CT molecular complexity index is 881. The lowest BCUT2D eigenvalue weighted by Crippen LogP contribution is -2.04. The van der Waals surface area contributed by atoms with Gasteiger partial charge in [0.05, 0.1) is 12.3 Å². The SMILES string of the molecule is CCc1ccc2c(c1)OCCc1sc(-c3ncnn3C(C)C)nc1-2. The van der Waals surface area contributed by atoms with Crippen LogP contribution in [0.1, 0.15) is 37.3 Å². The molecule has 4 rings (SSSR count). The molecule has 0 saturated carbocycles. The summed E-state index contributed by atoms with van der Waals surface area (Å²) in [7, 11) is 0. The lowest BCUT2D eigenvalue weighted by molar-refractivity contribution is 0.327. The van der Waals surface area contributed by atoms with Crippen molar-refractivity contribution in [3.8, 4) is 27.8 Å². The second-order valence-corrected chi connectivity index (χ2v) is 7.28. The first kappa shape index (κ1) is 15.3. The fourth-order valence-electron chi connectivity index (χ4n) is 2.96. The Labute approximate surface area is 145 Å². The number of benzene rings is 1. The van der Waals surface area contributed by atoms with Crippen molar-refractivity contribution >= 4 is 11.3 Å². The number of thiazole rings is 1. The van der Waals surface area contributed by atoms with Gasteiger partial charge in [-0.15, -0.1) is 11.3 Å². The molecule has 0 fully saturated rings. The van der Waals surface area contributed by atoms with Crippen molar-refractivity contribution < 1.29 is 4.74 Å². The van der Waals surface area contributed by atoms with Gasteiger partial charge in [-0.1, -0.05) is 13.0 Å². The number of hydrogen-bond acceptors (Lipinski definition) is 5. The zero-order chi connectivity index (χ0) is 16.7. The lowest BCUT2D eigenvalue weighted by atomic mass is 10.1. The van der Waals surface area contributed by atoms with E-state index in [0.29, 0.717) is 6.61 Å². The third-order valence-electron chi connectivity index (χ3n) is 4.25. The molecule has 3 heterocycles. The van der Waals surface area contributed by atoms with Crippen LogP contribution in [0.4, 0.5) is 0 Å². The fraction of sp³-hybridized carbons (Fsp3) is 0.389. The standard InChI is InChI=1S/C18H20N4OS/c1-4-12-5-6-13-14(9-12)23-8-7-15-16(13)21-18(24-15)17-19-10-20-22(17)11(2)3/h5-6,9-11H,4,7-8H2,1-3H3. The molecule has 0 atom stereocenters. The summed E-state index contributed by atoms with van der Waals surface area (Å²) in [4.78, 5) is 10.6. The van der Waals surface area contributed by atoms with Crippen LogP contribution in [-0.4, -0.2) is 26.4 Å². The molecule has 124 valence electrons. The van der Waals surface area contributed by atoms with Crippen LogP contribution in [0.25, 0.3) is 22.1 Å². The molecule has 0 spiro atoms. The van der Waals surface area contributed by atoms with Crippen molar-refractivity contribution in [3.05, 3.63) is 35.0 Å². The fourth-order valence-corrected chi connectivity index (χ4v) is 4.01. The van der Waals surface area contributed by atoms with Crippen molar-refractivity contribution in [2.45, 2.75) is 39.7 Å². The molecule has 2 aromatic heterocycles. The van der Waals surface area contributed by atoms with E-state index in [1.165, 1.54) is 10.4 Å². The van der Waals surface area contributed by atoms with E-state index in [4.69, 9.17) is 9.72 Å². The predicted molar refractivity (Wildman–Crippen MR) is 95.5 cm³/mol. The van der Waals surface area contributed by atoms with Crippen LogP contribution < -0.4 is 4.74 Å². The summed E-state index contributed by atoms with van der Waals surface area (Å²) in [5, 5.41) is 5.26. The second-order valence-electron chi connectivity index (χ2n) is 6.20. The van der Waals surface area contributed by atoms with E-state index in [2.05, 4.69) is 49.1 Å². The monoisotopic (exact) mass is 340 g/mol. The maximum absolute atomic E-state index is 5.96. The molecule has 0 radical (unpaired) electrons. The van der Waals surface area contributed by atoms with E-state index in [1.54, 1.807) is 17.7 Å². The third-order valence-corrected chi connectivity index (χ3v) is 5.36. The highest BCUT2D eigenvalue weighted by atomic mass is 32.1. The summed E-state index contributed by atoms with van der Waals surface area (Å²) >= 11 is 1.70. The Morgan fingerprint density at radius 1 is 1.33 bits per heavy atom. The Hall–Kier alpha value is -2.21. The summed E-state index contributed by atoms with van der Waals surface area (Å²) in [6.07, 6.45) is 3.48. The zero-order valence-corrected chi connectivity index (χ0v) is 14.9. The average Bonchev–Trinajstić information content (AvgIpc) is 3.18. The van der Waals surface area contributed by atoms with Crippen molar-refractivity contribution in [3.63, 3.8) is 0 Å². The first-order valence-electron chi connectivity index (χ1n) is 8.33. The molecule has 5 nitrogen and oxygen atoms in total. The summed E-state index contributed by atoms with van der Waals surface area (Å²) < 4.78 is 7.88. The smallest absolute Gasteiger partial charge is 0.187 e. The number of fused-ring (bicyclic) bond motifs is 3. The molecule has 6 heteroatoms. The molecule has 0 unspecified atom stereocenters. The molecule has 1 aromatic carbocycles. The first-order valence-corrected chi connectivity index (χ1v) is 9.14. The minimum Gasteiger partial charge on any atom is -0.492 e. The van der Waals surface area contributed by atoms with E-state index >= 15 is 0 Å². The molecular weight excluding hydrogens is 320 g/mol. The summed E-state index contributed by atoms with van der Waals surface area (Å²) in [5.41, 5.74) is 3.40. The number of nitrogens with zero attached hydrogens (tertiary/aromatic N) is 4. The van der Waals surface area contributed by atoms with Crippen molar-refractivity contribution in [2.75, 3.05) is 6.61 Å². The van der Waals surface area contributed by atoms with E-state index in [9.17, 15) is 0 Å². The van der Waals surface area contributed by atoms with Gasteiger partial charge in [0.2, 0.25) is 0 Å². The molecule has 24 heavy (non-hydrogen) atoms. The molecule has 0 bridgehead atoms. The van der Waals surface area contributed by atoms with Crippen molar-refractivity contribution in [2.24, 2.45) is 0 Å². The number of rotatable bonds is 3. The van der Waals surface area contributed by atoms with Gasteiger partial charge in [0.15, 0.2) is 10.8 Å². The van der Waals surface area contributed by atoms with Crippen LogP contribution in [0.5, 0.6) is 5.75 Å². The highest BCUT2D eigenvalue weighted by Gasteiger charge is 2.23. The summed E-state index contributed by atoms with van der Waals surface area (Å²) in [6, 6.07) is 6.69. The van der Waals surface area contributed by atoms with Gasteiger partial charge in [-0.3, -0.25) is 0 Å². The van der Waals surface area contributed by atoms with Gasteiger partial charge in [0.25, 0.3) is 0 Å². The van der Waals surface area contributed by atoms with Gasteiger partial charge in [-0.2, -0.15) is 5.10 Å². The Morgan fingerprint density at radius 2 is 2.21 bits per heavy atom. The number of ether oxygens (including phenoxy) is 1. The predicted octanol–water partition coefficient (Wildman–Crippen LogP) is 4.15. The molecule has 0 amide bonds. The van der Waals surface area contributed by atoms with Gasteiger partial charge in [0.1, 0.15) is 12.1 Å². The Kier molecular flexibility index (Phi) is 3.84. The van der Waals surface area contributed by atoms with Crippen LogP contribution in [0.15, 0.2) is 24.5 Å². The quantitative estimate of drug-likeness (QED) is 0.719. The lowest BCUT2D eigenvalue weighted by Gasteiger charge is -2.09. The number of aryl methyl sites for hydroxylation is 1. The molecule has 1 aliphatic rings. The van der Waals surface area contributed by atoms with E-state index < -0.39 is 0 Å². The van der Waals surface area contributed by atoms with Crippen LogP contribution in [-0.2, 0) is 12.8 Å². The Balaban J connectivity index is 1.83. The highest BCUT2D eigenvalue weighted by Crippen LogP contribution is 2.40. The van der Waals surface area contributed by atoms with Crippen LogP contribution in [0, 0.1) is 0 Å². The zero-order valence-electron chi connectivity index (χ0n) is 14.1. The van der Waals surface area contributed by atoms with Gasteiger partial charge >= 0.3 is 0 Å². The molecule has 1 aliphatic heterocycles. The van der Waals surface area contributed by atoms with E-state index in [0.717, 1.165) is 40.7 Å². The van der Waals surface area contributed by atoms with Crippen LogP contribution in [0.2, 0.25) is 0 Å². The second kappa shape index (κ2) is 6.02. The summed E-state index contributed by atoms with van der Waals surface area (Å²) in [6.45, 7) is 7.05. The normalized spacial score (nSPS) is 13.3. The minimum atomic E-state index is 0.258. The molecule has 0 aliphatic carbocycles. The van der Waals surface area contributed by atoms with Gasteiger partial charge in [-0.05, 0) is 38.0 Å². The molecule has 3 aromatic rings.